The van der Waals surface area contributed by atoms with Gasteiger partial charge in [0.05, 0.1) is 0 Å². The quantitative estimate of drug-likeness (QED) is 0.822. The van der Waals surface area contributed by atoms with E-state index in [1.165, 1.54) is 5.56 Å². The van der Waals surface area contributed by atoms with E-state index in [0.29, 0.717) is 5.92 Å². The summed E-state index contributed by atoms with van der Waals surface area (Å²) in [5.41, 5.74) is 2.99. The maximum Gasteiger partial charge on any atom is 0.262 e. The van der Waals surface area contributed by atoms with Crippen LogP contribution in [0.3, 0.4) is 0 Å². The van der Waals surface area contributed by atoms with Crippen molar-refractivity contribution >= 4 is 27.5 Å². The molecule has 4 heteroatoms. The summed E-state index contributed by atoms with van der Waals surface area (Å²) in [7, 11) is 0. The molecular formula is C18H20BrNO2. The van der Waals surface area contributed by atoms with Crippen molar-refractivity contribution < 1.29 is 9.53 Å². The number of nitrogens with one attached hydrogen (secondary N) is 1. The molecule has 0 aliphatic rings. The van der Waals surface area contributed by atoms with Gasteiger partial charge in [-0.05, 0) is 54.3 Å². The summed E-state index contributed by atoms with van der Waals surface area (Å²) in [5.74, 6) is 1.02. The summed E-state index contributed by atoms with van der Waals surface area (Å²) in [4.78, 5) is 12.0. The van der Waals surface area contributed by atoms with Crippen LogP contribution in [0.2, 0.25) is 0 Å². The van der Waals surface area contributed by atoms with E-state index in [4.69, 9.17) is 4.74 Å². The van der Waals surface area contributed by atoms with E-state index >= 15 is 0 Å². The first-order chi connectivity index (χ1) is 10.5. The maximum absolute atomic E-state index is 12.0. The highest BCUT2D eigenvalue weighted by Crippen LogP contribution is 2.24. The molecule has 0 aliphatic carbocycles. The van der Waals surface area contributed by atoms with E-state index in [1.807, 2.05) is 43.3 Å². The van der Waals surface area contributed by atoms with Crippen LogP contribution in [0.25, 0.3) is 0 Å². The molecule has 0 heterocycles. The molecule has 2 aromatic rings. The van der Waals surface area contributed by atoms with Crippen LogP contribution in [0.4, 0.5) is 5.69 Å². The van der Waals surface area contributed by atoms with Gasteiger partial charge in [0, 0.05) is 10.2 Å². The van der Waals surface area contributed by atoms with Crippen molar-refractivity contribution in [1.82, 2.24) is 0 Å². The minimum absolute atomic E-state index is 0.00154. The van der Waals surface area contributed by atoms with Gasteiger partial charge in [-0.2, -0.15) is 0 Å². The normalized spacial score (nSPS) is 10.6. The van der Waals surface area contributed by atoms with Gasteiger partial charge in [-0.1, -0.05) is 41.9 Å². The second-order valence-corrected chi connectivity index (χ2v) is 6.44. The number of rotatable bonds is 5. The fourth-order valence-corrected chi connectivity index (χ4v) is 2.27. The molecule has 0 aliphatic heterocycles. The molecule has 0 saturated heterocycles. The fourth-order valence-electron chi connectivity index (χ4n) is 2.00. The summed E-state index contributed by atoms with van der Waals surface area (Å²) in [6.07, 6.45) is 0. The van der Waals surface area contributed by atoms with Gasteiger partial charge >= 0.3 is 0 Å². The number of hydrogen-bond donors (Lipinski definition) is 1. The van der Waals surface area contributed by atoms with E-state index < -0.39 is 0 Å². The molecule has 1 amide bonds. The van der Waals surface area contributed by atoms with Gasteiger partial charge in [-0.15, -0.1) is 0 Å². The summed E-state index contributed by atoms with van der Waals surface area (Å²) in [5, 5.41) is 2.81. The summed E-state index contributed by atoms with van der Waals surface area (Å²) in [6, 6.07) is 13.6. The van der Waals surface area contributed by atoms with Crippen LogP contribution in [-0.4, -0.2) is 12.5 Å². The van der Waals surface area contributed by atoms with Gasteiger partial charge in [0.25, 0.3) is 5.91 Å². The minimum atomic E-state index is -0.170. The zero-order valence-electron chi connectivity index (χ0n) is 13.0. The Labute approximate surface area is 139 Å². The minimum Gasteiger partial charge on any atom is -0.483 e. The van der Waals surface area contributed by atoms with E-state index in [9.17, 15) is 4.79 Å². The molecule has 2 aromatic carbocycles. The average Bonchev–Trinajstić information content (AvgIpc) is 2.48. The maximum atomic E-state index is 12.0. The van der Waals surface area contributed by atoms with Crippen molar-refractivity contribution in [3.05, 3.63) is 58.1 Å². The topological polar surface area (TPSA) is 38.3 Å². The molecule has 0 atom stereocenters. The van der Waals surface area contributed by atoms with Crippen molar-refractivity contribution in [3.8, 4) is 5.75 Å². The standard InChI is InChI=1S/C18H20BrNO2/c1-12(2)14-5-4-13(3)17(10-14)22-11-18(21)20-16-8-6-15(19)7-9-16/h4-10,12H,11H2,1-3H3,(H,20,21). The predicted octanol–water partition coefficient (Wildman–Crippen LogP) is 4.90. The first kappa shape index (κ1) is 16.6. The lowest BCUT2D eigenvalue weighted by atomic mass is 10.0. The average molecular weight is 362 g/mol. The molecule has 1 N–H and O–H groups in total. The van der Waals surface area contributed by atoms with Gasteiger partial charge in [-0.25, -0.2) is 0 Å². The van der Waals surface area contributed by atoms with Gasteiger partial charge in [0.2, 0.25) is 0 Å². The number of anilines is 1. The second-order valence-electron chi connectivity index (χ2n) is 5.52. The SMILES string of the molecule is Cc1ccc(C(C)C)cc1OCC(=O)Nc1ccc(Br)cc1. The molecule has 3 nitrogen and oxygen atoms in total. The Balaban J connectivity index is 1.96. The number of benzene rings is 2. The number of aryl methyl sites for hydroxylation is 1. The Hall–Kier alpha value is -1.81. The van der Waals surface area contributed by atoms with Gasteiger partial charge in [0.15, 0.2) is 6.61 Å². The molecule has 0 saturated carbocycles. The van der Waals surface area contributed by atoms with E-state index in [-0.39, 0.29) is 12.5 Å². The number of ether oxygens (including phenoxy) is 1. The monoisotopic (exact) mass is 361 g/mol. The summed E-state index contributed by atoms with van der Waals surface area (Å²) in [6.45, 7) is 6.24. The first-order valence-electron chi connectivity index (χ1n) is 7.24. The number of carbonyl (C=O) groups excluding carboxylic acids is 1. The molecular weight excluding hydrogens is 342 g/mol. The number of halogens is 1. The van der Waals surface area contributed by atoms with Crippen molar-refractivity contribution in [2.45, 2.75) is 26.7 Å². The molecule has 2 rings (SSSR count). The Kier molecular flexibility index (Phi) is 5.61. The molecule has 0 unspecified atom stereocenters. The molecule has 0 radical (unpaired) electrons. The van der Waals surface area contributed by atoms with Crippen LogP contribution in [0.15, 0.2) is 46.9 Å². The molecule has 0 spiro atoms. The molecule has 0 fully saturated rings. The Morgan fingerprint density at radius 3 is 2.50 bits per heavy atom. The smallest absolute Gasteiger partial charge is 0.262 e. The summed E-state index contributed by atoms with van der Waals surface area (Å²) >= 11 is 3.36. The third kappa shape index (κ3) is 4.60. The van der Waals surface area contributed by atoms with Crippen LogP contribution in [-0.2, 0) is 4.79 Å². The lowest BCUT2D eigenvalue weighted by Crippen LogP contribution is -2.20. The zero-order valence-corrected chi connectivity index (χ0v) is 14.6. The first-order valence-corrected chi connectivity index (χ1v) is 8.04. The Morgan fingerprint density at radius 1 is 1.18 bits per heavy atom. The predicted molar refractivity (Wildman–Crippen MR) is 93.5 cm³/mol. The van der Waals surface area contributed by atoms with E-state index in [1.54, 1.807) is 0 Å². The lowest BCUT2D eigenvalue weighted by Gasteiger charge is -2.13. The summed E-state index contributed by atoms with van der Waals surface area (Å²) < 4.78 is 6.64. The van der Waals surface area contributed by atoms with Crippen LogP contribution in [0.5, 0.6) is 5.75 Å². The van der Waals surface area contributed by atoms with Crippen molar-refractivity contribution in [2.75, 3.05) is 11.9 Å². The highest BCUT2D eigenvalue weighted by atomic mass is 79.9. The van der Waals surface area contributed by atoms with E-state index in [0.717, 1.165) is 21.5 Å². The Morgan fingerprint density at radius 2 is 1.86 bits per heavy atom. The highest BCUT2D eigenvalue weighted by Gasteiger charge is 2.08. The van der Waals surface area contributed by atoms with Crippen LogP contribution in [0, 0.1) is 6.92 Å². The lowest BCUT2D eigenvalue weighted by molar-refractivity contribution is -0.118. The Bertz CT molecular complexity index is 651. The third-order valence-electron chi connectivity index (χ3n) is 3.37. The largest absolute Gasteiger partial charge is 0.483 e. The number of hydrogen-bond acceptors (Lipinski definition) is 2. The molecule has 22 heavy (non-hydrogen) atoms. The molecule has 0 aromatic heterocycles. The highest BCUT2D eigenvalue weighted by molar-refractivity contribution is 9.10. The van der Waals surface area contributed by atoms with Gasteiger partial charge in [-0.3, -0.25) is 4.79 Å². The molecule has 0 bridgehead atoms. The van der Waals surface area contributed by atoms with Gasteiger partial charge < -0.3 is 10.1 Å². The van der Waals surface area contributed by atoms with Crippen LogP contribution in [0.1, 0.15) is 30.9 Å². The van der Waals surface area contributed by atoms with Crippen LogP contribution < -0.4 is 10.1 Å². The third-order valence-corrected chi connectivity index (χ3v) is 3.89. The second kappa shape index (κ2) is 7.45. The van der Waals surface area contributed by atoms with E-state index in [2.05, 4.69) is 41.2 Å². The van der Waals surface area contributed by atoms with Crippen molar-refractivity contribution in [1.29, 1.82) is 0 Å². The van der Waals surface area contributed by atoms with Crippen LogP contribution >= 0.6 is 15.9 Å². The number of carbonyl (C=O) groups is 1. The molecule has 116 valence electrons. The van der Waals surface area contributed by atoms with Gasteiger partial charge in [0.1, 0.15) is 5.75 Å². The fraction of sp³-hybridized carbons (Fsp3) is 0.278. The zero-order chi connectivity index (χ0) is 16.1. The van der Waals surface area contributed by atoms with Crippen molar-refractivity contribution in [3.63, 3.8) is 0 Å². The van der Waals surface area contributed by atoms with Crippen molar-refractivity contribution in [2.24, 2.45) is 0 Å². The number of amides is 1.